The molecule has 1 atom stereocenters. The van der Waals surface area contributed by atoms with Gasteiger partial charge in [-0.2, -0.15) is 0 Å². The number of carbonyl (C=O) groups is 2. The summed E-state index contributed by atoms with van der Waals surface area (Å²) in [6.07, 6.45) is 4.94. The molecule has 1 unspecified atom stereocenters. The molecule has 1 saturated heterocycles. The number of hydrogen-bond donors (Lipinski definition) is 1. The molecule has 3 heterocycles. The normalized spacial score (nSPS) is 16.8. The van der Waals surface area contributed by atoms with Crippen molar-refractivity contribution in [2.45, 2.75) is 53.0 Å². The highest BCUT2D eigenvalue weighted by Crippen LogP contribution is 2.42. The standard InChI is InChI=1S/C30H37N3O6/c1-6-8-9-16-39-22-13-12-21(18-23(22)38-7-2)26-24(28(35)30(36)33(26)15-17-37-5)27(34)25-20(4)32-14-10-11-19(3)29(32)31-25/h10-14,18,26,34H,6-9,15-17H2,1-5H3. The van der Waals surface area contributed by atoms with Gasteiger partial charge in [0.05, 0.1) is 37.1 Å². The van der Waals surface area contributed by atoms with Gasteiger partial charge in [0.25, 0.3) is 11.7 Å². The summed E-state index contributed by atoms with van der Waals surface area (Å²) in [6, 6.07) is 8.36. The van der Waals surface area contributed by atoms with Crippen LogP contribution in [0.25, 0.3) is 11.4 Å². The number of aromatic nitrogens is 2. The Morgan fingerprint density at radius 1 is 1.05 bits per heavy atom. The highest BCUT2D eigenvalue weighted by atomic mass is 16.5. The number of imidazole rings is 1. The van der Waals surface area contributed by atoms with E-state index in [0.29, 0.717) is 41.6 Å². The fourth-order valence-corrected chi connectivity index (χ4v) is 4.94. The first-order valence-electron chi connectivity index (χ1n) is 13.4. The molecular weight excluding hydrogens is 498 g/mol. The maximum Gasteiger partial charge on any atom is 0.295 e. The molecule has 1 aliphatic heterocycles. The lowest BCUT2D eigenvalue weighted by Crippen LogP contribution is -2.32. The number of hydrogen-bond acceptors (Lipinski definition) is 7. The maximum absolute atomic E-state index is 13.4. The summed E-state index contributed by atoms with van der Waals surface area (Å²) in [5, 5.41) is 11.6. The second kappa shape index (κ2) is 12.3. The average Bonchev–Trinajstić information content (AvgIpc) is 3.40. The lowest BCUT2D eigenvalue weighted by Gasteiger charge is -2.25. The molecule has 208 valence electrons. The summed E-state index contributed by atoms with van der Waals surface area (Å²) >= 11 is 0. The summed E-state index contributed by atoms with van der Waals surface area (Å²) in [5.74, 6) is -0.661. The maximum atomic E-state index is 13.4. The smallest absolute Gasteiger partial charge is 0.295 e. The zero-order valence-corrected chi connectivity index (χ0v) is 23.3. The number of methoxy groups -OCH3 is 1. The molecule has 9 nitrogen and oxygen atoms in total. The largest absolute Gasteiger partial charge is 0.505 e. The van der Waals surface area contributed by atoms with Gasteiger partial charge in [0.1, 0.15) is 11.3 Å². The lowest BCUT2D eigenvalue weighted by molar-refractivity contribution is -0.140. The second-order valence-corrected chi connectivity index (χ2v) is 9.61. The number of rotatable bonds is 12. The van der Waals surface area contributed by atoms with Gasteiger partial charge in [0, 0.05) is 19.9 Å². The molecule has 0 aliphatic carbocycles. The molecule has 9 heteroatoms. The van der Waals surface area contributed by atoms with Gasteiger partial charge in [-0.15, -0.1) is 0 Å². The third-order valence-electron chi connectivity index (χ3n) is 6.97. The van der Waals surface area contributed by atoms with Crippen LogP contribution in [0.15, 0.2) is 42.1 Å². The van der Waals surface area contributed by atoms with E-state index in [4.69, 9.17) is 14.2 Å². The first-order chi connectivity index (χ1) is 18.8. The van der Waals surface area contributed by atoms with E-state index in [9.17, 15) is 14.7 Å². The quantitative estimate of drug-likeness (QED) is 0.151. The Balaban J connectivity index is 1.84. The predicted octanol–water partition coefficient (Wildman–Crippen LogP) is 4.99. The molecule has 1 N–H and O–H groups in total. The van der Waals surface area contributed by atoms with Crippen LogP contribution in [0.2, 0.25) is 0 Å². The van der Waals surface area contributed by atoms with Crippen LogP contribution in [-0.2, 0) is 14.3 Å². The molecule has 0 spiro atoms. The first-order valence-corrected chi connectivity index (χ1v) is 13.4. The topological polar surface area (TPSA) is 103 Å². The van der Waals surface area contributed by atoms with Crippen molar-refractivity contribution in [2.75, 3.05) is 33.5 Å². The highest BCUT2D eigenvalue weighted by molar-refractivity contribution is 6.46. The van der Waals surface area contributed by atoms with Gasteiger partial charge in [-0.25, -0.2) is 4.98 Å². The van der Waals surface area contributed by atoms with Crippen molar-refractivity contribution in [3.8, 4) is 11.5 Å². The molecule has 0 saturated carbocycles. The van der Waals surface area contributed by atoms with Crippen molar-refractivity contribution in [3.05, 3.63) is 64.6 Å². The van der Waals surface area contributed by atoms with E-state index in [1.165, 1.54) is 12.0 Å². The van der Waals surface area contributed by atoms with Gasteiger partial charge >= 0.3 is 0 Å². The Hall–Kier alpha value is -3.85. The van der Waals surface area contributed by atoms with Crippen LogP contribution in [-0.4, -0.2) is 64.6 Å². The number of pyridine rings is 1. The van der Waals surface area contributed by atoms with E-state index in [0.717, 1.165) is 24.8 Å². The predicted molar refractivity (Wildman–Crippen MR) is 148 cm³/mol. The van der Waals surface area contributed by atoms with E-state index in [2.05, 4.69) is 11.9 Å². The molecule has 2 aromatic heterocycles. The molecule has 3 aromatic rings. The minimum absolute atomic E-state index is 0.0145. The van der Waals surface area contributed by atoms with Crippen LogP contribution in [0.4, 0.5) is 0 Å². The fourth-order valence-electron chi connectivity index (χ4n) is 4.94. The third kappa shape index (κ3) is 5.49. The summed E-state index contributed by atoms with van der Waals surface area (Å²) < 4.78 is 19.0. The van der Waals surface area contributed by atoms with Crippen LogP contribution in [0, 0.1) is 13.8 Å². The van der Waals surface area contributed by atoms with Gasteiger partial charge in [0.15, 0.2) is 17.3 Å². The molecule has 0 bridgehead atoms. The number of fused-ring (bicyclic) bond motifs is 1. The molecule has 1 aromatic carbocycles. The number of nitrogens with zero attached hydrogens (tertiary/aromatic N) is 3. The molecule has 1 amide bonds. The summed E-state index contributed by atoms with van der Waals surface area (Å²) in [6.45, 7) is 9.14. The van der Waals surface area contributed by atoms with E-state index < -0.39 is 17.7 Å². The van der Waals surface area contributed by atoms with Crippen molar-refractivity contribution < 1.29 is 28.9 Å². The Morgan fingerprint density at radius 3 is 2.54 bits per heavy atom. The Labute approximate surface area is 229 Å². The van der Waals surface area contributed by atoms with Gasteiger partial charge in [-0.05, 0) is 56.5 Å². The number of carbonyl (C=O) groups excluding carboxylic acids is 2. The van der Waals surface area contributed by atoms with Gasteiger partial charge in [0.2, 0.25) is 0 Å². The molecule has 1 fully saturated rings. The molecular formula is C30H37N3O6. The number of aliphatic hydroxyl groups excluding tert-OH is 1. The second-order valence-electron chi connectivity index (χ2n) is 9.61. The zero-order valence-electron chi connectivity index (χ0n) is 23.3. The van der Waals surface area contributed by atoms with Gasteiger partial charge in [-0.3, -0.25) is 9.59 Å². The minimum Gasteiger partial charge on any atom is -0.505 e. The number of benzene rings is 1. The van der Waals surface area contributed by atoms with Crippen molar-refractivity contribution in [3.63, 3.8) is 0 Å². The lowest BCUT2D eigenvalue weighted by atomic mass is 9.96. The monoisotopic (exact) mass is 535 g/mol. The number of unbranched alkanes of at least 4 members (excludes halogenated alkanes) is 2. The van der Waals surface area contributed by atoms with Crippen LogP contribution in [0.3, 0.4) is 0 Å². The fraction of sp³-hybridized carbons (Fsp3) is 0.433. The van der Waals surface area contributed by atoms with Crippen molar-refractivity contribution in [1.29, 1.82) is 0 Å². The van der Waals surface area contributed by atoms with Crippen molar-refractivity contribution in [1.82, 2.24) is 14.3 Å². The highest BCUT2D eigenvalue weighted by Gasteiger charge is 2.46. The Morgan fingerprint density at radius 2 is 1.85 bits per heavy atom. The number of aryl methyl sites for hydroxylation is 2. The summed E-state index contributed by atoms with van der Waals surface area (Å²) in [7, 11) is 1.53. The SMILES string of the molecule is CCCCCOc1ccc(C2C(=C(O)c3nc4c(C)cccn4c3C)C(=O)C(=O)N2CCOC)cc1OCC. The average molecular weight is 536 g/mol. The van der Waals surface area contributed by atoms with Crippen molar-refractivity contribution >= 4 is 23.1 Å². The first kappa shape index (κ1) is 28.2. The Kier molecular flexibility index (Phi) is 8.91. The molecule has 4 rings (SSSR count). The van der Waals surface area contributed by atoms with E-state index in [-0.39, 0.29) is 30.2 Å². The van der Waals surface area contributed by atoms with Crippen LogP contribution >= 0.6 is 0 Å². The van der Waals surface area contributed by atoms with E-state index in [1.807, 2.05) is 49.6 Å². The van der Waals surface area contributed by atoms with E-state index >= 15 is 0 Å². The summed E-state index contributed by atoms with van der Waals surface area (Å²) in [4.78, 5) is 32.7. The molecule has 39 heavy (non-hydrogen) atoms. The van der Waals surface area contributed by atoms with Gasteiger partial charge in [-0.1, -0.05) is 31.9 Å². The zero-order chi connectivity index (χ0) is 28.1. The molecule has 1 aliphatic rings. The van der Waals surface area contributed by atoms with Gasteiger partial charge < -0.3 is 28.6 Å². The van der Waals surface area contributed by atoms with Crippen LogP contribution in [0.5, 0.6) is 11.5 Å². The number of Topliss-reactive ketones (excluding diaryl/α,β-unsaturated/α-hetero) is 1. The van der Waals surface area contributed by atoms with Crippen LogP contribution in [0.1, 0.15) is 61.7 Å². The number of amides is 1. The molecule has 0 radical (unpaired) electrons. The van der Waals surface area contributed by atoms with E-state index in [1.54, 1.807) is 12.1 Å². The summed E-state index contributed by atoms with van der Waals surface area (Å²) in [5.41, 5.74) is 3.13. The number of ketones is 1. The van der Waals surface area contributed by atoms with Crippen LogP contribution < -0.4 is 9.47 Å². The number of ether oxygens (including phenoxy) is 3. The number of aliphatic hydroxyl groups is 1. The Bertz CT molecular complexity index is 1390. The van der Waals surface area contributed by atoms with Crippen molar-refractivity contribution in [2.24, 2.45) is 0 Å². The minimum atomic E-state index is -0.848. The number of likely N-dealkylation sites (tertiary alicyclic amines) is 1. The third-order valence-corrected chi connectivity index (χ3v) is 6.97.